The minimum atomic E-state index is -0.301. The van der Waals surface area contributed by atoms with Crippen molar-refractivity contribution < 1.29 is 19.8 Å². The highest BCUT2D eigenvalue weighted by molar-refractivity contribution is 5.84. The minimum Gasteiger partial charge on any atom is -0.508 e. The lowest BCUT2D eigenvalue weighted by Gasteiger charge is -2.01. The highest BCUT2D eigenvalue weighted by Gasteiger charge is 2.03. The predicted octanol–water partition coefficient (Wildman–Crippen LogP) is 1.87. The number of benzene rings is 2. The first-order valence-corrected chi connectivity index (χ1v) is 8.25. The molecule has 0 heterocycles. The molecule has 0 unspecified atom stereocenters. The van der Waals surface area contributed by atoms with Crippen molar-refractivity contribution in [3.05, 3.63) is 59.7 Å². The van der Waals surface area contributed by atoms with E-state index in [4.69, 9.17) is 10.2 Å². The van der Waals surface area contributed by atoms with Crippen LogP contribution in [0.5, 0.6) is 11.5 Å². The first-order chi connectivity index (χ1) is 13.0. The number of rotatable bonds is 8. The summed E-state index contributed by atoms with van der Waals surface area (Å²) in [4.78, 5) is 23.3. The molecule has 0 saturated carbocycles. The molecule has 0 aliphatic rings. The number of hydrazone groups is 2. The molecule has 8 heteroatoms. The molecule has 2 amide bonds. The van der Waals surface area contributed by atoms with Gasteiger partial charge in [-0.25, -0.2) is 10.9 Å². The number of nitrogens with zero attached hydrogens (tertiary/aromatic N) is 2. The fraction of sp³-hybridized carbons (Fsp3) is 0.158. The normalized spacial score (nSPS) is 11.0. The minimum absolute atomic E-state index is 0.155. The van der Waals surface area contributed by atoms with Gasteiger partial charge in [0.25, 0.3) is 0 Å². The van der Waals surface area contributed by atoms with Gasteiger partial charge in [0.05, 0.1) is 12.4 Å². The van der Waals surface area contributed by atoms with Crippen molar-refractivity contribution >= 4 is 24.2 Å². The van der Waals surface area contributed by atoms with E-state index in [0.29, 0.717) is 6.42 Å². The lowest BCUT2D eigenvalue weighted by Crippen LogP contribution is -2.20. The Hall–Kier alpha value is -3.68. The summed E-state index contributed by atoms with van der Waals surface area (Å²) in [5.41, 5.74) is 6.22. The van der Waals surface area contributed by atoms with E-state index >= 15 is 0 Å². The smallest absolute Gasteiger partial charge is 0.240 e. The van der Waals surface area contributed by atoms with Crippen LogP contribution in [0.2, 0.25) is 0 Å². The highest BCUT2D eigenvalue weighted by atomic mass is 16.3. The van der Waals surface area contributed by atoms with Crippen LogP contribution in [0.3, 0.4) is 0 Å². The quantitative estimate of drug-likeness (QED) is 0.419. The average Bonchev–Trinajstić information content (AvgIpc) is 2.65. The summed E-state index contributed by atoms with van der Waals surface area (Å²) in [6.07, 6.45) is 3.59. The van der Waals surface area contributed by atoms with E-state index in [1.54, 1.807) is 24.3 Å². The van der Waals surface area contributed by atoms with Crippen LogP contribution >= 0.6 is 0 Å². The summed E-state index contributed by atoms with van der Waals surface area (Å²) in [5, 5.41) is 26.0. The molecular formula is C19H20N4O4. The second-order valence-electron chi connectivity index (χ2n) is 5.62. The summed E-state index contributed by atoms with van der Waals surface area (Å²) < 4.78 is 0. The van der Waals surface area contributed by atoms with Crippen molar-refractivity contribution in [2.75, 3.05) is 0 Å². The Morgan fingerprint density at radius 1 is 0.741 bits per heavy atom. The molecule has 0 saturated heterocycles. The number of nitrogens with one attached hydrogen (secondary N) is 2. The molecule has 0 fully saturated rings. The maximum absolute atomic E-state index is 11.6. The molecule has 140 valence electrons. The first-order valence-electron chi connectivity index (χ1n) is 8.25. The van der Waals surface area contributed by atoms with E-state index in [0.717, 1.165) is 11.1 Å². The van der Waals surface area contributed by atoms with Gasteiger partial charge in [-0.2, -0.15) is 10.2 Å². The van der Waals surface area contributed by atoms with E-state index < -0.39 is 0 Å². The van der Waals surface area contributed by atoms with Gasteiger partial charge in [0, 0.05) is 12.8 Å². The number of amides is 2. The van der Waals surface area contributed by atoms with Gasteiger partial charge in [0.2, 0.25) is 11.8 Å². The number of phenolic OH excluding ortho intramolecular Hbond substituents is 2. The summed E-state index contributed by atoms with van der Waals surface area (Å²) in [6, 6.07) is 12.7. The summed E-state index contributed by atoms with van der Waals surface area (Å²) in [5.74, 6) is -0.292. The van der Waals surface area contributed by atoms with Crippen molar-refractivity contribution in [3.8, 4) is 11.5 Å². The lowest BCUT2D eigenvalue weighted by molar-refractivity contribution is -0.122. The first kappa shape index (κ1) is 19.6. The fourth-order valence-corrected chi connectivity index (χ4v) is 2.00. The lowest BCUT2D eigenvalue weighted by atomic mass is 10.2. The molecule has 2 rings (SSSR count). The summed E-state index contributed by atoms with van der Waals surface area (Å²) >= 11 is 0. The third-order valence-corrected chi connectivity index (χ3v) is 3.40. The van der Waals surface area contributed by atoms with Gasteiger partial charge in [-0.3, -0.25) is 9.59 Å². The van der Waals surface area contributed by atoms with Crippen LogP contribution in [-0.2, 0) is 9.59 Å². The maximum atomic E-state index is 11.6. The molecule has 0 atom stereocenters. The van der Waals surface area contributed by atoms with Gasteiger partial charge in [0.1, 0.15) is 11.5 Å². The average molecular weight is 368 g/mol. The van der Waals surface area contributed by atoms with Crippen LogP contribution in [0, 0.1) is 0 Å². The fourth-order valence-electron chi connectivity index (χ4n) is 2.00. The highest BCUT2D eigenvalue weighted by Crippen LogP contribution is 2.08. The monoisotopic (exact) mass is 368 g/mol. The Kier molecular flexibility index (Phi) is 7.52. The molecule has 0 bridgehead atoms. The molecule has 8 nitrogen and oxygen atoms in total. The van der Waals surface area contributed by atoms with Crippen molar-refractivity contribution in [2.45, 2.75) is 19.3 Å². The van der Waals surface area contributed by atoms with Gasteiger partial charge in [-0.1, -0.05) is 0 Å². The third-order valence-electron chi connectivity index (χ3n) is 3.40. The van der Waals surface area contributed by atoms with Crippen LogP contribution in [-0.4, -0.2) is 34.5 Å². The summed E-state index contributed by atoms with van der Waals surface area (Å²) in [6.45, 7) is 0. The van der Waals surface area contributed by atoms with Gasteiger partial charge in [0.15, 0.2) is 0 Å². The zero-order chi connectivity index (χ0) is 19.5. The van der Waals surface area contributed by atoms with Crippen molar-refractivity contribution in [1.29, 1.82) is 0 Å². The van der Waals surface area contributed by atoms with Gasteiger partial charge in [-0.15, -0.1) is 0 Å². The largest absolute Gasteiger partial charge is 0.508 e. The van der Waals surface area contributed by atoms with E-state index in [-0.39, 0.29) is 36.2 Å². The van der Waals surface area contributed by atoms with Crippen LogP contribution < -0.4 is 10.9 Å². The number of hydrogen-bond donors (Lipinski definition) is 4. The van der Waals surface area contributed by atoms with Gasteiger partial charge < -0.3 is 10.2 Å². The molecular weight excluding hydrogens is 348 g/mol. The van der Waals surface area contributed by atoms with Crippen LogP contribution in [0.4, 0.5) is 0 Å². The van der Waals surface area contributed by atoms with E-state index in [1.165, 1.54) is 36.7 Å². The zero-order valence-corrected chi connectivity index (χ0v) is 14.5. The molecule has 0 aliphatic heterocycles. The molecule has 0 radical (unpaired) electrons. The van der Waals surface area contributed by atoms with Crippen LogP contribution in [0.1, 0.15) is 30.4 Å². The standard InChI is InChI=1S/C19H20N4O4/c24-16-8-4-14(5-9-16)12-20-22-18(26)2-1-3-19(27)23-21-13-15-6-10-17(25)11-7-15/h4-13,24-25H,1-3H2,(H,22,26)(H,23,27). The van der Waals surface area contributed by atoms with Crippen molar-refractivity contribution in [3.63, 3.8) is 0 Å². The number of hydrogen-bond acceptors (Lipinski definition) is 6. The molecule has 2 aromatic rings. The molecule has 27 heavy (non-hydrogen) atoms. The Morgan fingerprint density at radius 3 is 1.48 bits per heavy atom. The van der Waals surface area contributed by atoms with Crippen molar-refractivity contribution in [1.82, 2.24) is 10.9 Å². The number of phenols is 2. The number of aromatic hydroxyl groups is 2. The third kappa shape index (κ3) is 7.82. The van der Waals surface area contributed by atoms with Gasteiger partial charge in [-0.05, 0) is 66.1 Å². The number of carbonyl (C=O) groups is 2. The van der Waals surface area contributed by atoms with E-state index in [2.05, 4.69) is 21.1 Å². The molecule has 0 aromatic heterocycles. The van der Waals surface area contributed by atoms with Crippen molar-refractivity contribution in [2.24, 2.45) is 10.2 Å². The zero-order valence-electron chi connectivity index (χ0n) is 14.5. The Balaban J connectivity index is 1.61. The molecule has 0 spiro atoms. The molecule has 0 aliphatic carbocycles. The predicted molar refractivity (Wildman–Crippen MR) is 102 cm³/mol. The second-order valence-corrected chi connectivity index (χ2v) is 5.62. The van der Waals surface area contributed by atoms with Crippen LogP contribution in [0.15, 0.2) is 58.7 Å². The Morgan fingerprint density at radius 2 is 1.11 bits per heavy atom. The molecule has 2 aromatic carbocycles. The topological polar surface area (TPSA) is 123 Å². The van der Waals surface area contributed by atoms with E-state index in [1.807, 2.05) is 0 Å². The van der Waals surface area contributed by atoms with E-state index in [9.17, 15) is 9.59 Å². The van der Waals surface area contributed by atoms with Gasteiger partial charge >= 0.3 is 0 Å². The second kappa shape index (κ2) is 10.3. The summed E-state index contributed by atoms with van der Waals surface area (Å²) in [7, 11) is 0. The SMILES string of the molecule is O=C(CCCC(=O)NN=Cc1ccc(O)cc1)NN=Cc1ccc(O)cc1. The maximum Gasteiger partial charge on any atom is 0.240 e. The Labute approximate surface area is 156 Å². The Bertz CT molecular complexity index is 745. The molecule has 4 N–H and O–H groups in total. The number of carbonyl (C=O) groups excluding carboxylic acids is 2. The van der Waals surface area contributed by atoms with Crippen LogP contribution in [0.25, 0.3) is 0 Å².